The van der Waals surface area contributed by atoms with Gasteiger partial charge in [-0.2, -0.15) is 0 Å². The van der Waals surface area contributed by atoms with Crippen LogP contribution in [0.2, 0.25) is 0 Å². The van der Waals surface area contributed by atoms with E-state index in [-0.39, 0.29) is 11.7 Å². The molecule has 0 spiro atoms. The van der Waals surface area contributed by atoms with Crippen molar-refractivity contribution in [3.05, 3.63) is 48.3 Å². The molecule has 5 nitrogen and oxygen atoms in total. The summed E-state index contributed by atoms with van der Waals surface area (Å²) in [6, 6.07) is 12.4. The van der Waals surface area contributed by atoms with Gasteiger partial charge in [-0.05, 0) is 49.4 Å². The van der Waals surface area contributed by atoms with Crippen LogP contribution in [0.1, 0.15) is 13.3 Å². The summed E-state index contributed by atoms with van der Waals surface area (Å²) >= 11 is 3.25. The number of ether oxygens (including phenoxy) is 1. The predicted octanol–water partition coefficient (Wildman–Crippen LogP) is 4.67. The minimum Gasteiger partial charge on any atom is -0.494 e. The zero-order chi connectivity index (χ0) is 20.9. The Morgan fingerprint density at radius 2 is 1.93 bits per heavy atom. The number of thioether (sulfide) groups is 1. The molecule has 8 heteroatoms. The summed E-state index contributed by atoms with van der Waals surface area (Å²) in [5.74, 6) is 1.50. The van der Waals surface area contributed by atoms with Gasteiger partial charge in [-0.1, -0.05) is 11.3 Å². The number of carbonyl (C=O) groups is 1. The zero-order valence-electron chi connectivity index (χ0n) is 16.8. The Balaban J connectivity index is 1.27. The van der Waals surface area contributed by atoms with Crippen LogP contribution in [0, 0.1) is 5.82 Å². The Morgan fingerprint density at radius 1 is 1.17 bits per heavy atom. The number of thiazole rings is 1. The van der Waals surface area contributed by atoms with Crippen molar-refractivity contribution in [1.82, 2.24) is 9.88 Å². The molecule has 0 unspecified atom stereocenters. The van der Waals surface area contributed by atoms with Crippen LogP contribution < -0.4 is 9.64 Å². The minimum atomic E-state index is -0.240. The molecule has 30 heavy (non-hydrogen) atoms. The summed E-state index contributed by atoms with van der Waals surface area (Å²) in [5.41, 5.74) is 0.981. The summed E-state index contributed by atoms with van der Waals surface area (Å²) in [6.07, 6.45) is 0.489. The topological polar surface area (TPSA) is 45.7 Å². The van der Waals surface area contributed by atoms with Gasteiger partial charge in [0.2, 0.25) is 5.91 Å². The maximum atomic E-state index is 13.0. The van der Waals surface area contributed by atoms with Gasteiger partial charge >= 0.3 is 0 Å². The van der Waals surface area contributed by atoms with Crippen LogP contribution in [-0.4, -0.2) is 54.3 Å². The second-order valence-corrected chi connectivity index (χ2v) is 9.16. The number of nitrogens with zero attached hydrogens (tertiary/aromatic N) is 3. The molecule has 1 amide bonds. The van der Waals surface area contributed by atoms with Crippen molar-refractivity contribution in [2.45, 2.75) is 18.2 Å². The van der Waals surface area contributed by atoms with Crippen molar-refractivity contribution < 1.29 is 13.9 Å². The van der Waals surface area contributed by atoms with E-state index in [0.717, 1.165) is 39.1 Å². The van der Waals surface area contributed by atoms with Crippen LogP contribution in [0.4, 0.5) is 9.52 Å². The minimum absolute atomic E-state index is 0.176. The number of aromatic nitrogens is 1. The molecule has 0 atom stereocenters. The van der Waals surface area contributed by atoms with E-state index in [1.165, 1.54) is 12.1 Å². The monoisotopic (exact) mass is 445 g/mol. The van der Waals surface area contributed by atoms with Crippen LogP contribution in [0.3, 0.4) is 0 Å². The summed E-state index contributed by atoms with van der Waals surface area (Å²) < 4.78 is 19.7. The first kappa shape index (κ1) is 20.9. The quantitative estimate of drug-likeness (QED) is 0.495. The highest BCUT2D eigenvalue weighted by molar-refractivity contribution is 7.99. The Labute approximate surface area is 183 Å². The highest BCUT2D eigenvalue weighted by Gasteiger charge is 2.23. The van der Waals surface area contributed by atoms with E-state index in [4.69, 9.17) is 9.72 Å². The Hall–Kier alpha value is -2.32. The highest BCUT2D eigenvalue weighted by atomic mass is 32.2. The fraction of sp³-hybridized carbons (Fsp3) is 0.364. The SMILES string of the molecule is CCOc1ccc2nc(N3CCN(C(=O)CCSc4ccc(F)cc4)CC3)sc2c1. The van der Waals surface area contributed by atoms with Crippen molar-refractivity contribution in [3.8, 4) is 5.75 Å². The van der Waals surface area contributed by atoms with Crippen LogP contribution in [0.25, 0.3) is 10.2 Å². The molecule has 1 aliphatic heterocycles. The number of carbonyl (C=O) groups excluding carboxylic acids is 1. The molecule has 3 aromatic rings. The Morgan fingerprint density at radius 3 is 2.67 bits per heavy atom. The van der Waals surface area contributed by atoms with E-state index in [9.17, 15) is 9.18 Å². The Kier molecular flexibility index (Phi) is 6.74. The second kappa shape index (κ2) is 9.66. The van der Waals surface area contributed by atoms with Crippen molar-refractivity contribution in [2.75, 3.05) is 43.4 Å². The fourth-order valence-corrected chi connectivity index (χ4v) is 5.26. The number of amides is 1. The number of rotatable bonds is 7. The fourth-order valence-electron chi connectivity index (χ4n) is 3.38. The van der Waals surface area contributed by atoms with Crippen molar-refractivity contribution in [1.29, 1.82) is 0 Å². The van der Waals surface area contributed by atoms with E-state index in [1.807, 2.05) is 30.0 Å². The summed E-state index contributed by atoms with van der Waals surface area (Å²) in [4.78, 5) is 22.5. The lowest BCUT2D eigenvalue weighted by Gasteiger charge is -2.34. The van der Waals surface area contributed by atoms with Gasteiger partial charge in [0.15, 0.2) is 5.13 Å². The van der Waals surface area contributed by atoms with Crippen LogP contribution >= 0.6 is 23.1 Å². The van der Waals surface area contributed by atoms with E-state index in [0.29, 0.717) is 31.9 Å². The third-order valence-corrected chi connectivity index (χ3v) is 7.05. The largest absolute Gasteiger partial charge is 0.494 e. The smallest absolute Gasteiger partial charge is 0.223 e. The van der Waals surface area contributed by atoms with E-state index < -0.39 is 0 Å². The molecular weight excluding hydrogens is 421 g/mol. The molecule has 1 fully saturated rings. The van der Waals surface area contributed by atoms with Crippen LogP contribution in [0.5, 0.6) is 5.75 Å². The van der Waals surface area contributed by atoms with Crippen molar-refractivity contribution in [3.63, 3.8) is 0 Å². The molecular formula is C22H24FN3O2S2. The van der Waals surface area contributed by atoms with Gasteiger partial charge in [-0.3, -0.25) is 4.79 Å². The lowest BCUT2D eigenvalue weighted by molar-refractivity contribution is -0.131. The lowest BCUT2D eigenvalue weighted by Crippen LogP contribution is -2.48. The maximum absolute atomic E-state index is 13.0. The molecule has 0 N–H and O–H groups in total. The van der Waals surface area contributed by atoms with E-state index in [2.05, 4.69) is 4.90 Å². The van der Waals surface area contributed by atoms with Gasteiger partial charge < -0.3 is 14.5 Å². The standard InChI is InChI=1S/C22H24FN3O2S2/c1-2-28-17-5-8-19-20(15-17)30-22(24-19)26-12-10-25(11-13-26)21(27)9-14-29-18-6-3-16(23)4-7-18/h3-8,15H,2,9-14H2,1H3. The molecule has 1 aliphatic rings. The molecule has 0 aliphatic carbocycles. The number of benzene rings is 2. The molecule has 4 rings (SSSR count). The van der Waals surface area contributed by atoms with Gasteiger partial charge in [0.05, 0.1) is 16.8 Å². The van der Waals surface area contributed by atoms with Gasteiger partial charge in [0, 0.05) is 43.2 Å². The number of hydrogen-bond donors (Lipinski definition) is 0. The molecule has 158 valence electrons. The third kappa shape index (κ3) is 5.05. The first-order chi connectivity index (χ1) is 14.6. The van der Waals surface area contributed by atoms with Gasteiger partial charge in [0.1, 0.15) is 11.6 Å². The molecule has 0 radical (unpaired) electrons. The van der Waals surface area contributed by atoms with Crippen LogP contribution in [0.15, 0.2) is 47.4 Å². The first-order valence-electron chi connectivity index (χ1n) is 10.1. The summed E-state index contributed by atoms with van der Waals surface area (Å²) in [6.45, 7) is 5.62. The third-order valence-electron chi connectivity index (χ3n) is 4.96. The zero-order valence-corrected chi connectivity index (χ0v) is 18.5. The van der Waals surface area contributed by atoms with E-state index in [1.54, 1.807) is 35.2 Å². The summed E-state index contributed by atoms with van der Waals surface area (Å²) in [7, 11) is 0. The van der Waals surface area contributed by atoms with Crippen molar-refractivity contribution in [2.24, 2.45) is 0 Å². The Bertz CT molecular complexity index is 1000. The van der Waals surface area contributed by atoms with E-state index >= 15 is 0 Å². The molecule has 1 aromatic heterocycles. The molecule has 0 saturated carbocycles. The van der Waals surface area contributed by atoms with Gasteiger partial charge in [-0.25, -0.2) is 9.37 Å². The average Bonchev–Trinajstić information content (AvgIpc) is 3.19. The number of hydrogen-bond acceptors (Lipinski definition) is 6. The van der Waals surface area contributed by atoms with Crippen molar-refractivity contribution >= 4 is 44.4 Å². The van der Waals surface area contributed by atoms with Gasteiger partial charge in [0.25, 0.3) is 0 Å². The van der Waals surface area contributed by atoms with Crippen LogP contribution in [-0.2, 0) is 4.79 Å². The molecule has 0 bridgehead atoms. The predicted molar refractivity (Wildman–Crippen MR) is 121 cm³/mol. The number of fused-ring (bicyclic) bond motifs is 1. The second-order valence-electron chi connectivity index (χ2n) is 6.98. The first-order valence-corrected chi connectivity index (χ1v) is 11.9. The number of anilines is 1. The highest BCUT2D eigenvalue weighted by Crippen LogP contribution is 2.32. The summed E-state index contributed by atoms with van der Waals surface area (Å²) in [5, 5.41) is 0.998. The maximum Gasteiger partial charge on any atom is 0.223 e. The number of halogens is 1. The average molecular weight is 446 g/mol. The normalized spacial score (nSPS) is 14.3. The molecule has 2 aromatic carbocycles. The molecule has 1 saturated heterocycles. The van der Waals surface area contributed by atoms with Gasteiger partial charge in [-0.15, -0.1) is 11.8 Å². The lowest BCUT2D eigenvalue weighted by atomic mass is 10.3. The molecule has 2 heterocycles. The number of piperazine rings is 1.